The van der Waals surface area contributed by atoms with Crippen LogP contribution in [0, 0.1) is 0 Å². The van der Waals surface area contributed by atoms with Crippen molar-refractivity contribution >= 4 is 132 Å². The maximum absolute atomic E-state index is 6.48. The zero-order chi connectivity index (χ0) is 56.1. The van der Waals surface area contributed by atoms with Crippen LogP contribution in [0.5, 0.6) is 0 Å². The van der Waals surface area contributed by atoms with Crippen LogP contribution >= 0.6 is 0 Å². The average Bonchev–Trinajstić information content (AvgIpc) is 2.02. The summed E-state index contributed by atoms with van der Waals surface area (Å²) in [5, 5.41) is 11.6. The first-order valence-corrected chi connectivity index (χ1v) is 29.2. The van der Waals surface area contributed by atoms with Gasteiger partial charge in [0.1, 0.15) is 22.3 Å². The number of hydrogen-bond acceptors (Lipinski definition) is 4. The Balaban J connectivity index is 0.835. The Hall–Kier alpha value is -11.1. The van der Waals surface area contributed by atoms with Gasteiger partial charge in [-0.05, 0) is 155 Å². The summed E-state index contributed by atoms with van der Waals surface area (Å²) >= 11 is 0. The lowest BCUT2D eigenvalue weighted by atomic mass is 9.81. The minimum atomic E-state index is -0.429. The summed E-state index contributed by atoms with van der Waals surface area (Å²) in [6.45, 7) is 4.82. The fourth-order valence-electron chi connectivity index (χ4n) is 14.4. The molecule has 4 heterocycles. The van der Waals surface area contributed by atoms with Crippen LogP contribution in [0.25, 0.3) is 121 Å². The Labute approximate surface area is 489 Å². The lowest BCUT2D eigenvalue weighted by molar-refractivity contribution is 0.661. The summed E-state index contributed by atoms with van der Waals surface area (Å²) in [5.74, 6) is 0. The third-order valence-corrected chi connectivity index (χ3v) is 18.2. The minimum absolute atomic E-state index is 0.429. The van der Waals surface area contributed by atoms with Gasteiger partial charge in [0.25, 0.3) is 0 Å². The number of aromatic nitrogens is 2. The SMILES string of the molecule is CC1(C)c2cc(N(c3cccc(-n4c5ccccc5c5ccccc54)c3)c3ccc4oc5ccccc5c4c3)ccc2-c2c1cc(N(c1cccc(-n3c4ccccc4c4ccccc43)c1)c1ccc3oc4ccccc4c3c1)c1ccccc21. The zero-order valence-corrected chi connectivity index (χ0v) is 46.7. The maximum Gasteiger partial charge on any atom is 0.135 e. The lowest BCUT2D eigenvalue weighted by Crippen LogP contribution is -2.18. The van der Waals surface area contributed by atoms with E-state index in [0.717, 1.165) is 94.8 Å². The molecule has 0 bridgehead atoms. The van der Waals surface area contributed by atoms with Crippen molar-refractivity contribution in [3.05, 3.63) is 290 Å². The highest BCUT2D eigenvalue weighted by Gasteiger charge is 2.39. The van der Waals surface area contributed by atoms with Crippen molar-refractivity contribution in [1.29, 1.82) is 0 Å². The van der Waals surface area contributed by atoms with Crippen LogP contribution in [-0.2, 0) is 5.41 Å². The summed E-state index contributed by atoms with van der Waals surface area (Å²) in [5.41, 5.74) is 21.3. The van der Waals surface area contributed by atoms with Gasteiger partial charge in [0.2, 0.25) is 0 Å². The van der Waals surface area contributed by atoms with Crippen molar-refractivity contribution in [2.24, 2.45) is 0 Å². The molecule has 0 saturated heterocycles. The Bertz CT molecular complexity index is 5530. The molecule has 18 rings (SSSR count). The smallest absolute Gasteiger partial charge is 0.135 e. The van der Waals surface area contributed by atoms with Crippen LogP contribution in [0.15, 0.2) is 288 Å². The van der Waals surface area contributed by atoms with Crippen molar-refractivity contribution in [1.82, 2.24) is 9.13 Å². The average molecular weight is 1090 g/mol. The summed E-state index contributed by atoms with van der Waals surface area (Å²) in [6.07, 6.45) is 0. The van der Waals surface area contributed by atoms with E-state index in [1.807, 2.05) is 12.1 Å². The van der Waals surface area contributed by atoms with Gasteiger partial charge in [0.05, 0.1) is 27.8 Å². The molecule has 0 aliphatic heterocycles. The quantitative estimate of drug-likeness (QED) is 0.152. The maximum atomic E-state index is 6.48. The highest BCUT2D eigenvalue weighted by molar-refractivity contribution is 6.14. The monoisotopic (exact) mass is 1090 g/mol. The first-order valence-electron chi connectivity index (χ1n) is 29.2. The molecule has 0 saturated carbocycles. The molecule has 17 aromatic rings. The van der Waals surface area contributed by atoms with Gasteiger partial charge in [-0.25, -0.2) is 0 Å². The molecular weight excluding hydrogens is 1040 g/mol. The number of fused-ring (bicyclic) bond motifs is 17. The van der Waals surface area contributed by atoms with Crippen molar-refractivity contribution in [3.63, 3.8) is 0 Å². The summed E-state index contributed by atoms with van der Waals surface area (Å²) in [6, 6.07) is 102. The van der Waals surface area contributed by atoms with Gasteiger partial charge in [-0.15, -0.1) is 0 Å². The molecule has 0 unspecified atom stereocenters. The van der Waals surface area contributed by atoms with Gasteiger partial charge >= 0.3 is 0 Å². The standard InChI is InChI=1S/C79H52N4O2/c1-79(2)67-47-55(80(53-38-41-76-65(45-53)61-28-9-15-35-74(61)84-76)49-19-17-21-51(43-49)82-69-31-11-5-23-56(69)57-24-6-12-32-70(57)82)37-40-64(67)78-63-30-4-3-27-60(63)73(48-68(78)79)81(54-39-42-77-66(46-54)62-29-10-16-36-75(62)85-77)50-20-18-22-52(44-50)83-71-33-13-7-25-58(71)59-26-8-14-34-72(59)83/h3-48H,1-2H3. The fourth-order valence-corrected chi connectivity index (χ4v) is 14.4. The Morgan fingerprint density at radius 3 is 1.19 bits per heavy atom. The van der Waals surface area contributed by atoms with E-state index >= 15 is 0 Å². The van der Waals surface area contributed by atoms with E-state index in [-0.39, 0.29) is 0 Å². The van der Waals surface area contributed by atoms with Gasteiger partial charge < -0.3 is 27.8 Å². The molecule has 1 aliphatic rings. The van der Waals surface area contributed by atoms with Crippen molar-refractivity contribution in [2.45, 2.75) is 19.3 Å². The molecule has 0 radical (unpaired) electrons. The van der Waals surface area contributed by atoms with Crippen LogP contribution in [0.1, 0.15) is 25.0 Å². The number of furan rings is 2. The molecule has 1 aliphatic carbocycles. The minimum Gasteiger partial charge on any atom is -0.456 e. The molecule has 13 aromatic carbocycles. The molecule has 85 heavy (non-hydrogen) atoms. The van der Waals surface area contributed by atoms with Crippen LogP contribution < -0.4 is 9.80 Å². The number of nitrogens with zero attached hydrogens (tertiary/aromatic N) is 4. The van der Waals surface area contributed by atoms with Crippen LogP contribution in [-0.4, -0.2) is 9.13 Å². The summed E-state index contributed by atoms with van der Waals surface area (Å²) in [4.78, 5) is 4.91. The molecule has 4 aromatic heterocycles. The predicted molar refractivity (Wildman–Crippen MR) is 354 cm³/mol. The van der Waals surface area contributed by atoms with Crippen LogP contribution in [0.3, 0.4) is 0 Å². The topological polar surface area (TPSA) is 42.6 Å². The lowest BCUT2D eigenvalue weighted by Gasteiger charge is -2.30. The van der Waals surface area contributed by atoms with Crippen LogP contribution in [0.2, 0.25) is 0 Å². The van der Waals surface area contributed by atoms with Crippen LogP contribution in [0.4, 0.5) is 34.1 Å². The van der Waals surface area contributed by atoms with E-state index in [4.69, 9.17) is 8.83 Å². The summed E-state index contributed by atoms with van der Waals surface area (Å²) in [7, 11) is 0. The molecule has 0 amide bonds. The van der Waals surface area contributed by atoms with E-state index in [9.17, 15) is 0 Å². The van der Waals surface area contributed by atoms with Gasteiger partial charge in [-0.1, -0.05) is 166 Å². The number of benzene rings is 13. The van der Waals surface area contributed by atoms with Crippen molar-refractivity contribution in [2.75, 3.05) is 9.80 Å². The number of hydrogen-bond donors (Lipinski definition) is 0. The fraction of sp³-hybridized carbons (Fsp3) is 0.0380. The first kappa shape index (κ1) is 47.5. The molecule has 6 nitrogen and oxygen atoms in total. The number of anilines is 6. The zero-order valence-electron chi connectivity index (χ0n) is 46.7. The molecule has 6 heteroatoms. The molecule has 0 fully saturated rings. The number of para-hydroxylation sites is 6. The van der Waals surface area contributed by atoms with E-state index in [1.165, 1.54) is 71.3 Å². The second-order valence-electron chi connectivity index (χ2n) is 23.2. The van der Waals surface area contributed by atoms with Crippen molar-refractivity contribution in [3.8, 4) is 22.5 Å². The highest BCUT2D eigenvalue weighted by Crippen LogP contribution is 2.56. The predicted octanol–water partition coefficient (Wildman–Crippen LogP) is 22.1. The Kier molecular flexibility index (Phi) is 10.0. The van der Waals surface area contributed by atoms with E-state index in [0.29, 0.717) is 0 Å². The Morgan fingerprint density at radius 1 is 0.282 bits per heavy atom. The second kappa shape index (κ2) is 18.0. The van der Waals surface area contributed by atoms with Gasteiger partial charge in [-0.3, -0.25) is 0 Å². The molecule has 400 valence electrons. The largest absolute Gasteiger partial charge is 0.456 e. The molecule has 0 N–H and O–H groups in total. The van der Waals surface area contributed by atoms with E-state index in [2.05, 4.69) is 300 Å². The van der Waals surface area contributed by atoms with Gasteiger partial charge in [0, 0.05) is 93.7 Å². The van der Waals surface area contributed by atoms with E-state index < -0.39 is 5.41 Å². The molecule has 0 atom stereocenters. The summed E-state index contributed by atoms with van der Waals surface area (Å²) < 4.78 is 17.7. The third kappa shape index (κ3) is 7.00. The second-order valence-corrected chi connectivity index (χ2v) is 23.2. The third-order valence-electron chi connectivity index (χ3n) is 18.2. The highest BCUT2D eigenvalue weighted by atomic mass is 16.3. The first-order chi connectivity index (χ1) is 41.9. The van der Waals surface area contributed by atoms with E-state index in [1.54, 1.807) is 0 Å². The van der Waals surface area contributed by atoms with Crippen molar-refractivity contribution < 1.29 is 8.83 Å². The molecule has 0 spiro atoms. The number of rotatable bonds is 8. The Morgan fingerprint density at radius 2 is 0.671 bits per heavy atom. The molecular formula is C79H52N4O2. The van der Waals surface area contributed by atoms with Gasteiger partial charge in [-0.2, -0.15) is 0 Å². The normalized spacial score (nSPS) is 12.9. The van der Waals surface area contributed by atoms with Gasteiger partial charge in [0.15, 0.2) is 0 Å².